The highest BCUT2D eigenvalue weighted by molar-refractivity contribution is 6.35. The van der Waals surface area contributed by atoms with E-state index in [9.17, 15) is 18.0 Å². The SMILES string of the molecule is CC1C=C(C(F)(F)F)C=CC1NC(=O)Nc1ccc(-n2ncc3c(Cl)cccc32)cc1. The van der Waals surface area contributed by atoms with Crippen molar-refractivity contribution < 1.29 is 18.0 Å². The highest BCUT2D eigenvalue weighted by atomic mass is 35.5. The molecule has 4 rings (SSSR count). The van der Waals surface area contributed by atoms with Gasteiger partial charge in [0.05, 0.1) is 34.0 Å². The minimum atomic E-state index is -4.40. The molecular weight excluding hydrogens is 429 g/mol. The fourth-order valence-electron chi connectivity index (χ4n) is 3.42. The molecule has 1 heterocycles. The van der Waals surface area contributed by atoms with Crippen molar-refractivity contribution in [1.29, 1.82) is 0 Å². The number of hydrogen-bond acceptors (Lipinski definition) is 2. The van der Waals surface area contributed by atoms with Crippen LogP contribution in [0.5, 0.6) is 0 Å². The molecule has 0 bridgehead atoms. The Hall–Kier alpha value is -3.26. The first kappa shape index (κ1) is 21.0. The molecule has 5 nitrogen and oxygen atoms in total. The summed E-state index contributed by atoms with van der Waals surface area (Å²) in [4.78, 5) is 12.3. The molecule has 0 fully saturated rings. The second-order valence-electron chi connectivity index (χ2n) is 7.24. The van der Waals surface area contributed by atoms with Crippen LogP contribution >= 0.6 is 11.6 Å². The number of urea groups is 1. The molecule has 2 unspecified atom stereocenters. The predicted octanol–water partition coefficient (Wildman–Crippen LogP) is 5.86. The number of rotatable bonds is 3. The summed E-state index contributed by atoms with van der Waals surface area (Å²) < 4.78 is 40.1. The van der Waals surface area contributed by atoms with Gasteiger partial charge in [-0.2, -0.15) is 18.3 Å². The molecule has 2 N–H and O–H groups in total. The maximum atomic E-state index is 12.8. The number of hydrogen-bond donors (Lipinski definition) is 2. The molecule has 1 aliphatic carbocycles. The van der Waals surface area contributed by atoms with Crippen LogP contribution in [-0.2, 0) is 0 Å². The third-order valence-corrected chi connectivity index (χ3v) is 5.38. The Morgan fingerprint density at radius 1 is 1.16 bits per heavy atom. The van der Waals surface area contributed by atoms with E-state index >= 15 is 0 Å². The van der Waals surface area contributed by atoms with E-state index < -0.39 is 29.7 Å². The topological polar surface area (TPSA) is 59.0 Å². The second-order valence-corrected chi connectivity index (χ2v) is 7.65. The van der Waals surface area contributed by atoms with E-state index in [1.54, 1.807) is 48.1 Å². The van der Waals surface area contributed by atoms with Crippen LogP contribution in [0.1, 0.15) is 6.92 Å². The van der Waals surface area contributed by atoms with Gasteiger partial charge in [-0.05, 0) is 42.3 Å². The van der Waals surface area contributed by atoms with Crippen molar-refractivity contribution in [3.8, 4) is 5.69 Å². The number of aromatic nitrogens is 2. The molecule has 0 spiro atoms. The first-order valence-electron chi connectivity index (χ1n) is 9.50. The molecule has 0 aliphatic heterocycles. The molecule has 3 aromatic rings. The number of fused-ring (bicyclic) bond motifs is 1. The molecule has 2 aromatic carbocycles. The molecular formula is C22H18ClF3N4O. The van der Waals surface area contributed by atoms with Crippen LogP contribution in [0.4, 0.5) is 23.7 Å². The van der Waals surface area contributed by atoms with Gasteiger partial charge in [-0.15, -0.1) is 0 Å². The summed E-state index contributed by atoms with van der Waals surface area (Å²) >= 11 is 6.19. The number of allylic oxidation sites excluding steroid dienone is 2. The van der Waals surface area contributed by atoms with Crippen LogP contribution < -0.4 is 10.6 Å². The van der Waals surface area contributed by atoms with E-state index in [-0.39, 0.29) is 0 Å². The molecule has 9 heteroatoms. The Balaban J connectivity index is 1.41. The number of halogens is 4. The van der Waals surface area contributed by atoms with Gasteiger partial charge in [-0.1, -0.05) is 42.8 Å². The summed E-state index contributed by atoms with van der Waals surface area (Å²) in [7, 11) is 0. The monoisotopic (exact) mass is 446 g/mol. The van der Waals surface area contributed by atoms with Gasteiger partial charge in [0.15, 0.2) is 0 Å². The van der Waals surface area contributed by atoms with Crippen LogP contribution in [0.15, 0.2) is 72.5 Å². The summed E-state index contributed by atoms with van der Waals surface area (Å²) in [5, 5.41) is 11.2. The summed E-state index contributed by atoms with van der Waals surface area (Å²) in [6, 6.07) is 11.5. The average Bonchev–Trinajstić information content (AvgIpc) is 3.15. The first-order chi connectivity index (χ1) is 14.7. The largest absolute Gasteiger partial charge is 0.416 e. The van der Waals surface area contributed by atoms with Crippen LogP contribution in [0.3, 0.4) is 0 Å². The lowest BCUT2D eigenvalue weighted by Crippen LogP contribution is -2.41. The number of anilines is 1. The zero-order chi connectivity index (χ0) is 22.2. The number of nitrogens with one attached hydrogen (secondary N) is 2. The van der Waals surface area contributed by atoms with E-state index in [1.807, 2.05) is 12.1 Å². The van der Waals surface area contributed by atoms with Crippen LogP contribution in [0.25, 0.3) is 16.6 Å². The van der Waals surface area contributed by atoms with Crippen molar-refractivity contribution in [3.63, 3.8) is 0 Å². The van der Waals surface area contributed by atoms with Crippen molar-refractivity contribution in [2.75, 3.05) is 5.32 Å². The fraction of sp³-hybridized carbons (Fsp3) is 0.182. The first-order valence-corrected chi connectivity index (χ1v) is 9.87. The van der Waals surface area contributed by atoms with Crippen LogP contribution in [0.2, 0.25) is 5.02 Å². The Labute approximate surface area is 181 Å². The molecule has 31 heavy (non-hydrogen) atoms. The normalized spacial score (nSPS) is 18.7. The second kappa shape index (κ2) is 8.11. The highest BCUT2D eigenvalue weighted by Gasteiger charge is 2.34. The molecule has 2 atom stereocenters. The Morgan fingerprint density at radius 2 is 1.90 bits per heavy atom. The van der Waals surface area contributed by atoms with Gasteiger partial charge >= 0.3 is 12.2 Å². The van der Waals surface area contributed by atoms with Gasteiger partial charge in [-0.3, -0.25) is 0 Å². The quantitative estimate of drug-likeness (QED) is 0.529. The van der Waals surface area contributed by atoms with Gasteiger partial charge in [0.25, 0.3) is 0 Å². The van der Waals surface area contributed by atoms with Gasteiger partial charge in [0.2, 0.25) is 0 Å². The Morgan fingerprint density at radius 3 is 2.58 bits per heavy atom. The van der Waals surface area contributed by atoms with Crippen molar-refractivity contribution in [3.05, 3.63) is 77.5 Å². The standard InChI is InChI=1S/C22H18ClF3N4O/c1-13-11-14(22(24,25)26)5-10-19(13)29-21(31)28-15-6-8-16(9-7-15)30-20-4-2-3-18(23)17(20)12-27-30/h2-13,19H,1H3,(H2,28,29,31). The van der Waals surface area contributed by atoms with Crippen LogP contribution in [0, 0.1) is 5.92 Å². The number of alkyl halides is 3. The Kier molecular flexibility index (Phi) is 5.49. The maximum Gasteiger partial charge on any atom is 0.416 e. The fourth-order valence-corrected chi connectivity index (χ4v) is 3.64. The zero-order valence-corrected chi connectivity index (χ0v) is 17.1. The molecule has 2 amide bonds. The molecule has 0 radical (unpaired) electrons. The number of benzene rings is 2. The highest BCUT2D eigenvalue weighted by Crippen LogP contribution is 2.31. The van der Waals surface area contributed by atoms with E-state index in [4.69, 9.17) is 11.6 Å². The van der Waals surface area contributed by atoms with E-state index in [2.05, 4.69) is 15.7 Å². The van der Waals surface area contributed by atoms with Crippen molar-refractivity contribution in [1.82, 2.24) is 15.1 Å². The molecule has 0 saturated heterocycles. The number of carbonyl (C=O) groups is 1. The minimum absolute atomic E-state index is 0.491. The summed E-state index contributed by atoms with van der Waals surface area (Å²) in [6.45, 7) is 1.62. The lowest BCUT2D eigenvalue weighted by atomic mass is 9.93. The maximum absolute atomic E-state index is 12.8. The zero-order valence-electron chi connectivity index (χ0n) is 16.3. The predicted molar refractivity (Wildman–Crippen MR) is 114 cm³/mol. The number of amides is 2. The van der Waals surface area contributed by atoms with Crippen molar-refractivity contribution in [2.45, 2.75) is 19.1 Å². The summed E-state index contributed by atoms with van der Waals surface area (Å²) in [5.74, 6) is -0.491. The number of carbonyl (C=O) groups excluding carboxylic acids is 1. The lowest BCUT2D eigenvalue weighted by Gasteiger charge is -2.25. The third-order valence-electron chi connectivity index (χ3n) is 5.05. The smallest absolute Gasteiger partial charge is 0.331 e. The minimum Gasteiger partial charge on any atom is -0.331 e. The van der Waals surface area contributed by atoms with Crippen LogP contribution in [-0.4, -0.2) is 28.0 Å². The lowest BCUT2D eigenvalue weighted by molar-refractivity contribution is -0.0889. The van der Waals surface area contributed by atoms with E-state index in [0.717, 1.165) is 28.7 Å². The molecule has 1 aliphatic rings. The molecule has 1 aromatic heterocycles. The molecule has 160 valence electrons. The van der Waals surface area contributed by atoms with Crippen molar-refractivity contribution in [2.24, 2.45) is 5.92 Å². The summed E-state index contributed by atoms with van der Waals surface area (Å²) in [6.07, 6.45) is 0.741. The van der Waals surface area contributed by atoms with E-state index in [1.165, 1.54) is 6.08 Å². The summed E-state index contributed by atoms with van der Waals surface area (Å²) in [5.41, 5.74) is 1.48. The Bertz CT molecular complexity index is 1180. The van der Waals surface area contributed by atoms with Gasteiger partial charge in [-0.25, -0.2) is 9.48 Å². The van der Waals surface area contributed by atoms with Gasteiger partial charge in [0, 0.05) is 11.1 Å². The third kappa shape index (κ3) is 4.44. The van der Waals surface area contributed by atoms with Gasteiger partial charge < -0.3 is 10.6 Å². The molecule has 0 saturated carbocycles. The van der Waals surface area contributed by atoms with Gasteiger partial charge in [0.1, 0.15) is 0 Å². The number of nitrogens with zero attached hydrogens (tertiary/aromatic N) is 2. The van der Waals surface area contributed by atoms with E-state index in [0.29, 0.717) is 10.7 Å². The average molecular weight is 447 g/mol. The van der Waals surface area contributed by atoms with Crippen molar-refractivity contribution >= 4 is 34.2 Å².